The van der Waals surface area contributed by atoms with Crippen molar-refractivity contribution in [3.8, 4) is 5.88 Å². The van der Waals surface area contributed by atoms with E-state index in [4.69, 9.17) is 4.74 Å². The maximum Gasteiger partial charge on any atom is 0.213 e. The van der Waals surface area contributed by atoms with E-state index in [0.29, 0.717) is 17.9 Å². The molecule has 1 N–H and O–H groups in total. The van der Waals surface area contributed by atoms with Gasteiger partial charge in [0, 0.05) is 24.3 Å². The predicted molar refractivity (Wildman–Crippen MR) is 87.5 cm³/mol. The molecular formula is C18H28N2O. The molecule has 0 saturated heterocycles. The molecule has 0 spiro atoms. The zero-order valence-electron chi connectivity index (χ0n) is 13.7. The van der Waals surface area contributed by atoms with Crippen molar-refractivity contribution in [1.29, 1.82) is 0 Å². The zero-order chi connectivity index (χ0) is 15.2. The SMILES string of the molecule is Cc1cc(CNC(C)C)cc(OCC2CC=CCC2C)n1. The second-order valence-corrected chi connectivity index (χ2v) is 6.48. The van der Waals surface area contributed by atoms with E-state index < -0.39 is 0 Å². The van der Waals surface area contributed by atoms with E-state index in [9.17, 15) is 0 Å². The van der Waals surface area contributed by atoms with Crippen molar-refractivity contribution < 1.29 is 4.74 Å². The molecule has 1 aliphatic carbocycles. The van der Waals surface area contributed by atoms with Crippen LogP contribution in [-0.4, -0.2) is 17.6 Å². The minimum absolute atomic E-state index is 0.484. The second-order valence-electron chi connectivity index (χ2n) is 6.48. The van der Waals surface area contributed by atoms with Gasteiger partial charge >= 0.3 is 0 Å². The fraction of sp³-hybridized carbons (Fsp3) is 0.611. The molecule has 2 unspecified atom stereocenters. The molecule has 0 aromatic carbocycles. The van der Waals surface area contributed by atoms with Gasteiger partial charge < -0.3 is 10.1 Å². The Morgan fingerprint density at radius 1 is 1.29 bits per heavy atom. The molecule has 0 amide bonds. The molecule has 2 rings (SSSR count). The molecule has 3 heteroatoms. The monoisotopic (exact) mass is 288 g/mol. The van der Waals surface area contributed by atoms with Crippen LogP contribution in [0.25, 0.3) is 0 Å². The number of aryl methyl sites for hydroxylation is 1. The van der Waals surface area contributed by atoms with Crippen LogP contribution in [0.5, 0.6) is 5.88 Å². The van der Waals surface area contributed by atoms with E-state index in [-0.39, 0.29) is 0 Å². The lowest BCUT2D eigenvalue weighted by atomic mass is 9.85. The first-order chi connectivity index (χ1) is 10.0. The van der Waals surface area contributed by atoms with Crippen LogP contribution in [-0.2, 0) is 6.54 Å². The Morgan fingerprint density at radius 2 is 2.05 bits per heavy atom. The van der Waals surface area contributed by atoms with Gasteiger partial charge in [-0.05, 0) is 43.2 Å². The smallest absolute Gasteiger partial charge is 0.213 e. The summed E-state index contributed by atoms with van der Waals surface area (Å²) in [6.07, 6.45) is 6.84. The third-order valence-electron chi connectivity index (χ3n) is 4.07. The molecule has 116 valence electrons. The van der Waals surface area contributed by atoms with Crippen LogP contribution in [0.4, 0.5) is 0 Å². The van der Waals surface area contributed by atoms with Crippen LogP contribution in [0, 0.1) is 18.8 Å². The van der Waals surface area contributed by atoms with Crippen molar-refractivity contribution in [3.63, 3.8) is 0 Å². The highest BCUT2D eigenvalue weighted by molar-refractivity contribution is 5.24. The summed E-state index contributed by atoms with van der Waals surface area (Å²) in [4.78, 5) is 4.50. The largest absolute Gasteiger partial charge is 0.477 e. The van der Waals surface area contributed by atoms with E-state index in [2.05, 4.69) is 55.4 Å². The highest BCUT2D eigenvalue weighted by atomic mass is 16.5. The lowest BCUT2D eigenvalue weighted by Gasteiger charge is -2.25. The first-order valence-electron chi connectivity index (χ1n) is 8.03. The third kappa shape index (κ3) is 5.16. The molecule has 0 saturated carbocycles. The molecule has 3 nitrogen and oxygen atoms in total. The molecule has 0 radical (unpaired) electrons. The summed E-state index contributed by atoms with van der Waals surface area (Å²) in [5, 5.41) is 3.44. The van der Waals surface area contributed by atoms with Gasteiger partial charge in [-0.15, -0.1) is 0 Å². The van der Waals surface area contributed by atoms with E-state index in [1.807, 2.05) is 6.92 Å². The molecule has 1 aromatic rings. The first-order valence-corrected chi connectivity index (χ1v) is 8.03. The van der Waals surface area contributed by atoms with Crippen LogP contribution in [0.2, 0.25) is 0 Å². The number of hydrogen-bond acceptors (Lipinski definition) is 3. The van der Waals surface area contributed by atoms with Gasteiger partial charge in [-0.25, -0.2) is 4.98 Å². The average molecular weight is 288 g/mol. The summed E-state index contributed by atoms with van der Waals surface area (Å²) in [5.41, 5.74) is 2.26. The van der Waals surface area contributed by atoms with Gasteiger partial charge in [0.25, 0.3) is 0 Å². The van der Waals surface area contributed by atoms with Crippen molar-refractivity contribution >= 4 is 0 Å². The van der Waals surface area contributed by atoms with Gasteiger partial charge in [0.15, 0.2) is 0 Å². The van der Waals surface area contributed by atoms with Crippen LogP contribution < -0.4 is 10.1 Å². The van der Waals surface area contributed by atoms with Crippen molar-refractivity contribution in [1.82, 2.24) is 10.3 Å². The highest BCUT2D eigenvalue weighted by Gasteiger charge is 2.19. The Hall–Kier alpha value is -1.35. The Balaban J connectivity index is 1.94. The maximum atomic E-state index is 5.97. The normalized spacial score (nSPS) is 21.8. The molecule has 1 aromatic heterocycles. The molecular weight excluding hydrogens is 260 g/mol. The Kier molecular flexibility index (Phi) is 5.80. The summed E-state index contributed by atoms with van der Waals surface area (Å²) < 4.78 is 5.97. The Labute approximate surface area is 128 Å². The first kappa shape index (κ1) is 16.0. The zero-order valence-corrected chi connectivity index (χ0v) is 13.7. The van der Waals surface area contributed by atoms with Crippen molar-refractivity contribution in [2.24, 2.45) is 11.8 Å². The highest BCUT2D eigenvalue weighted by Crippen LogP contribution is 2.25. The molecule has 1 aliphatic rings. The average Bonchev–Trinajstić information content (AvgIpc) is 2.44. The minimum Gasteiger partial charge on any atom is -0.477 e. The predicted octanol–water partition coefficient (Wildman–Crippen LogP) is 3.87. The van der Waals surface area contributed by atoms with E-state index >= 15 is 0 Å². The van der Waals surface area contributed by atoms with Crippen LogP contribution in [0.1, 0.15) is 44.9 Å². The fourth-order valence-corrected chi connectivity index (χ4v) is 2.64. The number of hydrogen-bond donors (Lipinski definition) is 1. The van der Waals surface area contributed by atoms with Gasteiger partial charge in [0.1, 0.15) is 0 Å². The quantitative estimate of drug-likeness (QED) is 0.807. The number of rotatable bonds is 6. The summed E-state index contributed by atoms with van der Waals surface area (Å²) >= 11 is 0. The molecule has 1 heterocycles. The van der Waals surface area contributed by atoms with E-state index in [0.717, 1.165) is 31.1 Å². The summed E-state index contributed by atoms with van der Waals surface area (Å²) in [6, 6.07) is 4.66. The fourth-order valence-electron chi connectivity index (χ4n) is 2.64. The number of nitrogens with zero attached hydrogens (tertiary/aromatic N) is 1. The van der Waals surface area contributed by atoms with Crippen LogP contribution >= 0.6 is 0 Å². The molecule has 0 aliphatic heterocycles. The third-order valence-corrected chi connectivity index (χ3v) is 4.07. The summed E-state index contributed by atoms with van der Waals surface area (Å²) in [7, 11) is 0. The van der Waals surface area contributed by atoms with Crippen LogP contribution in [0.15, 0.2) is 24.3 Å². The lowest BCUT2D eigenvalue weighted by molar-refractivity contribution is 0.192. The van der Waals surface area contributed by atoms with Crippen molar-refractivity contribution in [3.05, 3.63) is 35.5 Å². The van der Waals surface area contributed by atoms with Gasteiger partial charge in [0.2, 0.25) is 5.88 Å². The van der Waals surface area contributed by atoms with Gasteiger partial charge in [-0.3, -0.25) is 0 Å². The molecule has 2 atom stereocenters. The van der Waals surface area contributed by atoms with E-state index in [1.165, 1.54) is 12.0 Å². The summed E-state index contributed by atoms with van der Waals surface area (Å²) in [6.45, 7) is 10.3. The Morgan fingerprint density at radius 3 is 2.76 bits per heavy atom. The topological polar surface area (TPSA) is 34.1 Å². The Bertz CT molecular complexity index is 482. The molecule has 21 heavy (non-hydrogen) atoms. The number of allylic oxidation sites excluding steroid dienone is 2. The lowest BCUT2D eigenvalue weighted by Crippen LogP contribution is -2.23. The van der Waals surface area contributed by atoms with Crippen molar-refractivity contribution in [2.45, 2.75) is 53.1 Å². The number of ether oxygens (including phenoxy) is 1. The van der Waals surface area contributed by atoms with Crippen molar-refractivity contribution in [2.75, 3.05) is 6.61 Å². The summed E-state index contributed by atoms with van der Waals surface area (Å²) in [5.74, 6) is 2.06. The van der Waals surface area contributed by atoms with Crippen LogP contribution in [0.3, 0.4) is 0 Å². The minimum atomic E-state index is 0.484. The molecule has 0 fully saturated rings. The number of pyridine rings is 1. The van der Waals surface area contributed by atoms with Gasteiger partial charge in [-0.1, -0.05) is 32.9 Å². The van der Waals surface area contributed by atoms with Gasteiger partial charge in [0.05, 0.1) is 6.61 Å². The standard InChI is InChI=1S/C18H28N2O/c1-13(2)19-11-16-9-15(4)20-18(10-16)21-12-17-8-6-5-7-14(17)3/h5-6,9-10,13-14,17,19H,7-8,11-12H2,1-4H3. The molecule has 0 bridgehead atoms. The van der Waals surface area contributed by atoms with Gasteiger partial charge in [-0.2, -0.15) is 0 Å². The second kappa shape index (κ2) is 7.60. The number of aromatic nitrogens is 1. The number of nitrogens with one attached hydrogen (secondary N) is 1. The maximum absolute atomic E-state index is 5.97. The van der Waals surface area contributed by atoms with E-state index in [1.54, 1.807) is 0 Å².